The molecule has 0 saturated carbocycles. The lowest BCUT2D eigenvalue weighted by Gasteiger charge is -2.32. The molecule has 0 saturated heterocycles. The Balaban J connectivity index is 1.90. The Hall–Kier alpha value is -6.78. The molecular formula is C55H74N4O13. The van der Waals surface area contributed by atoms with Crippen molar-refractivity contribution in [3.8, 4) is 22.6 Å². The molecule has 1 heterocycles. The fourth-order valence-electron chi connectivity index (χ4n) is 8.24. The quantitative estimate of drug-likeness (QED) is 0.0655. The van der Waals surface area contributed by atoms with E-state index >= 15 is 4.79 Å². The van der Waals surface area contributed by atoms with E-state index in [-0.39, 0.29) is 57.6 Å². The lowest BCUT2D eigenvalue weighted by molar-refractivity contribution is -0.143. The number of aryl methyl sites for hydroxylation is 2. The average molecular weight is 999 g/mol. The van der Waals surface area contributed by atoms with Gasteiger partial charge in [-0.2, -0.15) is 0 Å². The monoisotopic (exact) mass is 999 g/mol. The zero-order valence-electron chi connectivity index (χ0n) is 43.9. The van der Waals surface area contributed by atoms with E-state index in [1.54, 1.807) is 84.0 Å². The van der Waals surface area contributed by atoms with E-state index in [1.807, 2.05) is 32.9 Å². The number of likely N-dealkylation sites (N-methyl/N-ethyl adjacent to an activating group) is 1. The third-order valence-electron chi connectivity index (χ3n) is 11.8. The predicted octanol–water partition coefficient (Wildman–Crippen LogP) is 8.28. The molecule has 72 heavy (non-hydrogen) atoms. The Labute approximate surface area is 423 Å². The second-order valence-electron chi connectivity index (χ2n) is 20.7. The molecule has 1 aliphatic heterocycles. The van der Waals surface area contributed by atoms with E-state index in [1.165, 1.54) is 25.8 Å². The van der Waals surface area contributed by atoms with E-state index in [9.17, 15) is 38.7 Å². The number of hydrogen-bond acceptors (Lipinski definition) is 12. The summed E-state index contributed by atoms with van der Waals surface area (Å²) in [5, 5.41) is 17.8. The first kappa shape index (κ1) is 57.8. The van der Waals surface area contributed by atoms with Gasteiger partial charge < -0.3 is 44.9 Å². The summed E-state index contributed by atoms with van der Waals surface area (Å²) >= 11 is 0. The fourth-order valence-corrected chi connectivity index (χ4v) is 8.24. The van der Waals surface area contributed by atoms with E-state index in [2.05, 4.69) is 16.0 Å². The number of carbonyl (C=O) groups excluding carboxylic acids is 7. The van der Waals surface area contributed by atoms with Crippen molar-refractivity contribution in [3.05, 3.63) is 82.4 Å². The van der Waals surface area contributed by atoms with Crippen LogP contribution in [-0.2, 0) is 39.9 Å². The van der Waals surface area contributed by atoms with Gasteiger partial charge in [0.15, 0.2) is 17.3 Å². The van der Waals surface area contributed by atoms with E-state index < -0.39 is 82.6 Å². The number of carbonyl (C=O) groups is 8. The summed E-state index contributed by atoms with van der Waals surface area (Å²) in [6, 6.07) is 13.1. The van der Waals surface area contributed by atoms with Crippen LogP contribution in [0.1, 0.15) is 133 Å². The molecule has 0 radical (unpaired) electrons. The van der Waals surface area contributed by atoms with Crippen molar-refractivity contribution in [3.63, 3.8) is 0 Å². The van der Waals surface area contributed by atoms with Crippen LogP contribution in [0.4, 0.5) is 9.59 Å². The highest BCUT2D eigenvalue weighted by atomic mass is 16.6. The summed E-state index contributed by atoms with van der Waals surface area (Å²) < 4.78 is 23.4. The van der Waals surface area contributed by atoms with Gasteiger partial charge in [0.25, 0.3) is 0 Å². The highest BCUT2D eigenvalue weighted by Crippen LogP contribution is 2.41. The lowest BCUT2D eigenvalue weighted by Crippen LogP contribution is -2.46. The van der Waals surface area contributed by atoms with Crippen LogP contribution in [0.3, 0.4) is 0 Å². The van der Waals surface area contributed by atoms with Gasteiger partial charge in [-0.25, -0.2) is 9.59 Å². The number of alkyl carbamates (subject to hydrolysis) is 2. The van der Waals surface area contributed by atoms with E-state index in [0.29, 0.717) is 52.3 Å². The molecule has 3 aromatic carbocycles. The summed E-state index contributed by atoms with van der Waals surface area (Å²) in [5.41, 5.74) is 2.41. The molecule has 3 aromatic rings. The van der Waals surface area contributed by atoms with Gasteiger partial charge in [0.2, 0.25) is 11.8 Å². The first-order chi connectivity index (χ1) is 33.7. The Kier molecular flexibility index (Phi) is 20.5. The Morgan fingerprint density at radius 2 is 1.39 bits per heavy atom. The predicted molar refractivity (Wildman–Crippen MR) is 271 cm³/mol. The van der Waals surface area contributed by atoms with Crippen molar-refractivity contribution in [1.29, 1.82) is 0 Å². The molecule has 0 fully saturated rings. The number of Topliss-reactive ketones (excluding diaryl/α,β-unsaturated/α-hetero) is 3. The molecule has 5 atom stereocenters. The summed E-state index contributed by atoms with van der Waals surface area (Å²) in [6.45, 7) is 19.3. The van der Waals surface area contributed by atoms with Crippen molar-refractivity contribution >= 4 is 47.3 Å². The number of amides is 4. The van der Waals surface area contributed by atoms with E-state index in [4.69, 9.17) is 18.9 Å². The van der Waals surface area contributed by atoms with Crippen LogP contribution in [0.25, 0.3) is 11.1 Å². The summed E-state index contributed by atoms with van der Waals surface area (Å²) in [4.78, 5) is 110. The SMILES string of the molecule is CCCOc1ccc2cc1-c1cc(ccc1OCCNC(=O)OC(C)(C)C)C[C@@H](C(=O)C[C@@H](C)C(=O)O)NC(=O)[C@H](C)CC(=O)[C@H]2N(C)C(=O)[C@H](CCNC(=O)OC(C)(C)C)CC(=O)c1ccc(C)cc1C. The summed E-state index contributed by atoms with van der Waals surface area (Å²) in [7, 11) is 1.46. The maximum absolute atomic E-state index is 15.1. The average Bonchev–Trinajstić information content (AvgIpc) is 3.27. The number of nitrogens with one attached hydrogen (secondary N) is 3. The zero-order chi connectivity index (χ0) is 53.7. The number of benzene rings is 3. The number of ketones is 3. The van der Waals surface area contributed by atoms with Crippen molar-refractivity contribution < 1.29 is 62.4 Å². The number of nitrogens with zero attached hydrogens (tertiary/aromatic N) is 1. The van der Waals surface area contributed by atoms with Gasteiger partial charge in [0.1, 0.15) is 35.3 Å². The highest BCUT2D eigenvalue weighted by Gasteiger charge is 2.37. The third kappa shape index (κ3) is 17.2. The normalized spacial score (nSPS) is 17.0. The van der Waals surface area contributed by atoms with Crippen LogP contribution in [0, 0.1) is 31.6 Å². The number of fused-ring (bicyclic) bond motifs is 5. The molecule has 0 unspecified atom stereocenters. The Morgan fingerprint density at radius 3 is 1.99 bits per heavy atom. The fraction of sp³-hybridized carbons (Fsp3) is 0.527. The maximum atomic E-state index is 15.1. The van der Waals surface area contributed by atoms with Gasteiger partial charge in [-0.15, -0.1) is 0 Å². The topological polar surface area (TPSA) is 233 Å². The Bertz CT molecular complexity index is 2470. The molecular weight excluding hydrogens is 925 g/mol. The lowest BCUT2D eigenvalue weighted by atomic mass is 9.87. The molecule has 0 aliphatic carbocycles. The van der Waals surface area contributed by atoms with E-state index in [0.717, 1.165) is 11.1 Å². The highest BCUT2D eigenvalue weighted by molar-refractivity contribution is 6.01. The molecule has 0 spiro atoms. The minimum Gasteiger partial charge on any atom is -0.493 e. The number of ether oxygens (including phenoxy) is 4. The second kappa shape index (κ2) is 25.6. The number of hydrogen-bond donors (Lipinski definition) is 4. The van der Waals surface area contributed by atoms with Crippen molar-refractivity contribution in [2.75, 3.05) is 33.4 Å². The van der Waals surface area contributed by atoms with Crippen molar-refractivity contribution in [2.24, 2.45) is 17.8 Å². The van der Waals surface area contributed by atoms with Crippen LogP contribution in [-0.4, -0.2) is 108 Å². The number of rotatable bonds is 19. The van der Waals surface area contributed by atoms with Crippen LogP contribution in [0.15, 0.2) is 54.6 Å². The first-order valence-electron chi connectivity index (χ1n) is 24.6. The molecule has 392 valence electrons. The smallest absolute Gasteiger partial charge is 0.407 e. The zero-order valence-corrected chi connectivity index (χ0v) is 43.9. The van der Waals surface area contributed by atoms with Gasteiger partial charge in [-0.1, -0.05) is 56.7 Å². The third-order valence-corrected chi connectivity index (χ3v) is 11.8. The molecule has 17 nitrogen and oxygen atoms in total. The molecule has 4 bridgehead atoms. The maximum Gasteiger partial charge on any atom is 0.407 e. The number of carboxylic acids is 1. The molecule has 4 rings (SSSR count). The minimum atomic E-state index is -1.34. The van der Waals surface area contributed by atoms with Gasteiger partial charge in [0.05, 0.1) is 25.1 Å². The second-order valence-corrected chi connectivity index (χ2v) is 20.7. The molecule has 4 N–H and O–H groups in total. The van der Waals surface area contributed by atoms with Crippen LogP contribution >= 0.6 is 0 Å². The molecule has 1 aliphatic rings. The van der Waals surface area contributed by atoms with Gasteiger partial charge in [-0.05, 0) is 116 Å². The van der Waals surface area contributed by atoms with Crippen LogP contribution < -0.4 is 25.4 Å². The summed E-state index contributed by atoms with van der Waals surface area (Å²) in [6.07, 6.45) is -1.77. The minimum absolute atomic E-state index is 0.0000179. The van der Waals surface area contributed by atoms with Gasteiger partial charge >= 0.3 is 18.2 Å². The number of carboxylic acid groups (broad SMARTS) is 1. The first-order valence-corrected chi connectivity index (χ1v) is 24.6. The van der Waals surface area contributed by atoms with Crippen molar-refractivity contribution in [1.82, 2.24) is 20.9 Å². The van der Waals surface area contributed by atoms with Gasteiger partial charge in [0, 0.05) is 61.4 Å². The molecule has 0 aromatic heterocycles. The van der Waals surface area contributed by atoms with Crippen molar-refractivity contribution in [2.45, 2.75) is 138 Å². The van der Waals surface area contributed by atoms with Crippen LogP contribution in [0.2, 0.25) is 0 Å². The Morgan fingerprint density at radius 1 is 0.792 bits per heavy atom. The molecule has 4 amide bonds. The van der Waals surface area contributed by atoms with Crippen LogP contribution in [0.5, 0.6) is 11.5 Å². The largest absolute Gasteiger partial charge is 0.493 e. The van der Waals surface area contributed by atoms with Gasteiger partial charge in [-0.3, -0.25) is 28.8 Å². The number of aliphatic carboxylic acids is 1. The standard InChI is InChI=1S/C55H74N4O13/c1-13-23-69-47-19-16-37-30-41(47)40-28-36(15-18-46(40)70-24-22-57-53(68)72-55(9,10)11)29-42(44(61)27-35(5)51(65)66)58-49(63)34(4)26-45(62)48(37)59(12)50(64)38(20-21-56-52(67)71-54(6,7)8)31-43(60)39-17-14-32(2)25-33(39)3/h14-19,25,28,30,34-35,38,42,48H,13,20-24,26-27,29,31H2,1-12H3,(H,56,67)(H,57,68)(H,58,63)(H,65,66)/t34-,35-,38-,42+,48+/m1/s1. The summed E-state index contributed by atoms with van der Waals surface area (Å²) in [5.74, 6) is -6.17. The molecule has 17 heteroatoms.